The fraction of sp³-hybridized carbons (Fsp3) is 0.793. The van der Waals surface area contributed by atoms with E-state index in [0.717, 1.165) is 42.9 Å². The fourth-order valence-electron chi connectivity index (χ4n) is 7.34. The van der Waals surface area contributed by atoms with E-state index in [1.54, 1.807) is 0 Å². The topological polar surface area (TPSA) is 9.23 Å². The number of halogens is 4. The first-order chi connectivity index (χ1) is 16.4. The van der Waals surface area contributed by atoms with Gasteiger partial charge in [-0.05, 0) is 85.3 Å². The molecule has 0 amide bonds. The molecule has 1 aromatic rings. The molecule has 4 atom stereocenters. The summed E-state index contributed by atoms with van der Waals surface area (Å²) in [6, 6.07) is 2.41. The normalized spacial score (nSPS) is 31.9. The van der Waals surface area contributed by atoms with Crippen molar-refractivity contribution in [1.29, 1.82) is 0 Å². The van der Waals surface area contributed by atoms with Crippen LogP contribution in [0.25, 0.3) is 0 Å². The highest BCUT2D eigenvalue weighted by Gasteiger charge is 2.36. The molecule has 3 aliphatic rings. The van der Waals surface area contributed by atoms with Gasteiger partial charge in [-0.3, -0.25) is 0 Å². The second-order valence-electron chi connectivity index (χ2n) is 11.5. The Morgan fingerprint density at radius 2 is 1.32 bits per heavy atom. The lowest BCUT2D eigenvalue weighted by Gasteiger charge is -2.43. The maximum atomic E-state index is 14.2. The van der Waals surface area contributed by atoms with Gasteiger partial charge in [0, 0.05) is 0 Å². The molecule has 1 nitrogen and oxygen atoms in total. The summed E-state index contributed by atoms with van der Waals surface area (Å²) < 4.78 is 57.3. The van der Waals surface area contributed by atoms with Crippen molar-refractivity contribution in [2.24, 2.45) is 29.6 Å². The summed E-state index contributed by atoms with van der Waals surface area (Å²) in [6.07, 6.45) is 19.5. The van der Waals surface area contributed by atoms with E-state index in [0.29, 0.717) is 11.5 Å². The van der Waals surface area contributed by atoms with Gasteiger partial charge in [-0.25, -0.2) is 8.78 Å². The van der Waals surface area contributed by atoms with Gasteiger partial charge in [-0.2, -0.15) is 8.78 Å². The number of fused-ring (bicyclic) bond motifs is 1. The van der Waals surface area contributed by atoms with Crippen molar-refractivity contribution < 1.29 is 22.3 Å². The van der Waals surface area contributed by atoms with Crippen LogP contribution in [-0.2, 0) is 0 Å². The van der Waals surface area contributed by atoms with Gasteiger partial charge in [-0.1, -0.05) is 71.1 Å². The summed E-state index contributed by atoms with van der Waals surface area (Å²) in [7, 11) is 0. The molecule has 4 unspecified atom stereocenters. The van der Waals surface area contributed by atoms with Crippen LogP contribution in [0.15, 0.2) is 12.1 Å². The van der Waals surface area contributed by atoms with Crippen molar-refractivity contribution in [3.63, 3.8) is 0 Å². The van der Waals surface area contributed by atoms with Gasteiger partial charge < -0.3 is 4.74 Å². The summed E-state index contributed by atoms with van der Waals surface area (Å²) in [5.74, 6) is 1.19. The fourth-order valence-corrected chi connectivity index (χ4v) is 7.34. The van der Waals surface area contributed by atoms with Crippen LogP contribution in [0.2, 0.25) is 0 Å². The summed E-state index contributed by atoms with van der Waals surface area (Å²) in [4.78, 5) is 0. The van der Waals surface area contributed by atoms with Crippen LogP contribution in [-0.4, -0.2) is 6.61 Å². The van der Waals surface area contributed by atoms with Crippen molar-refractivity contribution in [2.75, 3.05) is 0 Å². The van der Waals surface area contributed by atoms with E-state index in [9.17, 15) is 17.6 Å². The monoisotopic (exact) mass is 482 g/mol. The number of ether oxygens (including phenoxy) is 1. The Labute approximate surface area is 203 Å². The molecule has 3 aliphatic carbocycles. The maximum absolute atomic E-state index is 14.2. The van der Waals surface area contributed by atoms with Crippen molar-refractivity contribution >= 4 is 0 Å². The van der Waals surface area contributed by atoms with Gasteiger partial charge in [0.05, 0.1) is 0 Å². The lowest BCUT2D eigenvalue weighted by molar-refractivity contribution is -0.0546. The predicted octanol–water partition coefficient (Wildman–Crippen LogP) is 9.64. The van der Waals surface area contributed by atoms with E-state index in [2.05, 4.69) is 11.7 Å². The highest BCUT2D eigenvalue weighted by molar-refractivity contribution is 5.33. The quantitative estimate of drug-likeness (QED) is 0.318. The van der Waals surface area contributed by atoms with Gasteiger partial charge in [0.15, 0.2) is 17.4 Å². The lowest BCUT2D eigenvalue weighted by atomic mass is 9.63. The third-order valence-electron chi connectivity index (χ3n) is 9.34. The van der Waals surface area contributed by atoms with E-state index in [-0.39, 0.29) is 5.92 Å². The van der Waals surface area contributed by atoms with E-state index in [1.165, 1.54) is 89.2 Å². The largest absolute Gasteiger partial charge is 0.429 e. The summed E-state index contributed by atoms with van der Waals surface area (Å²) in [6.45, 7) is -0.945. The van der Waals surface area contributed by atoms with Crippen LogP contribution in [0.3, 0.4) is 0 Å². The standard InChI is InChI=1S/C29H42F4O/c1-2-3-4-19-5-7-20(8-6-19)9-10-21-11-12-23-16-24(14-13-22(23)15-21)25-17-26(30)28(27(31)18-25)34-29(32)33/h17-24,29H,2-16H2,1H3. The summed E-state index contributed by atoms with van der Waals surface area (Å²) >= 11 is 0. The van der Waals surface area contributed by atoms with Gasteiger partial charge in [0.2, 0.25) is 0 Å². The highest BCUT2D eigenvalue weighted by atomic mass is 19.3. The molecule has 3 fully saturated rings. The zero-order chi connectivity index (χ0) is 24.1. The van der Waals surface area contributed by atoms with Gasteiger partial charge in [0.1, 0.15) is 0 Å². The summed E-state index contributed by atoms with van der Waals surface area (Å²) in [5.41, 5.74) is 0.590. The second kappa shape index (κ2) is 12.1. The Kier molecular flexibility index (Phi) is 9.21. The first-order valence-corrected chi connectivity index (χ1v) is 13.9. The van der Waals surface area contributed by atoms with E-state index in [4.69, 9.17) is 0 Å². The molecule has 4 rings (SSSR count). The zero-order valence-corrected chi connectivity index (χ0v) is 20.7. The Morgan fingerprint density at radius 3 is 1.97 bits per heavy atom. The molecule has 0 bridgehead atoms. The lowest BCUT2D eigenvalue weighted by Crippen LogP contribution is -2.30. The minimum absolute atomic E-state index is 0.102. The predicted molar refractivity (Wildman–Crippen MR) is 128 cm³/mol. The van der Waals surface area contributed by atoms with Crippen molar-refractivity contribution in [2.45, 2.75) is 116 Å². The molecule has 34 heavy (non-hydrogen) atoms. The van der Waals surface area contributed by atoms with Crippen molar-refractivity contribution in [3.05, 3.63) is 29.3 Å². The van der Waals surface area contributed by atoms with Gasteiger partial charge in [-0.15, -0.1) is 0 Å². The molecular formula is C29H42F4O. The first kappa shape index (κ1) is 25.8. The smallest absolute Gasteiger partial charge is 0.387 e. The van der Waals surface area contributed by atoms with Crippen LogP contribution >= 0.6 is 0 Å². The first-order valence-electron chi connectivity index (χ1n) is 13.9. The average Bonchev–Trinajstić information content (AvgIpc) is 2.83. The van der Waals surface area contributed by atoms with Gasteiger partial charge in [0.25, 0.3) is 0 Å². The number of alkyl halides is 2. The summed E-state index contributed by atoms with van der Waals surface area (Å²) in [5, 5.41) is 0. The molecule has 5 heteroatoms. The van der Waals surface area contributed by atoms with Crippen LogP contribution in [0.1, 0.15) is 115 Å². The Morgan fingerprint density at radius 1 is 0.765 bits per heavy atom. The van der Waals surface area contributed by atoms with Crippen LogP contribution < -0.4 is 4.74 Å². The third kappa shape index (κ3) is 6.69. The Bertz CT molecular complexity index is 750. The number of rotatable bonds is 9. The maximum Gasteiger partial charge on any atom is 0.387 e. The molecule has 0 heterocycles. The second-order valence-corrected chi connectivity index (χ2v) is 11.5. The minimum atomic E-state index is -3.23. The van der Waals surface area contributed by atoms with E-state index in [1.807, 2.05) is 0 Å². The van der Waals surface area contributed by atoms with E-state index >= 15 is 0 Å². The average molecular weight is 483 g/mol. The SMILES string of the molecule is CCCCC1CCC(CCC2CCC3CC(c4cc(F)c(OC(F)F)c(F)c4)CCC3C2)CC1. The molecule has 0 radical (unpaired) electrons. The molecule has 0 spiro atoms. The van der Waals surface area contributed by atoms with Crippen molar-refractivity contribution in [3.8, 4) is 5.75 Å². The molecule has 0 aliphatic heterocycles. The number of hydrogen-bond acceptors (Lipinski definition) is 1. The zero-order valence-electron chi connectivity index (χ0n) is 20.7. The van der Waals surface area contributed by atoms with Crippen molar-refractivity contribution in [1.82, 2.24) is 0 Å². The molecule has 0 N–H and O–H groups in total. The van der Waals surface area contributed by atoms with Crippen LogP contribution in [0.4, 0.5) is 17.6 Å². The molecule has 0 saturated heterocycles. The number of benzene rings is 1. The van der Waals surface area contributed by atoms with Gasteiger partial charge >= 0.3 is 6.61 Å². The molecule has 0 aromatic heterocycles. The number of unbranched alkanes of at least 4 members (excludes halogenated alkanes) is 1. The van der Waals surface area contributed by atoms with Crippen LogP contribution in [0.5, 0.6) is 5.75 Å². The molecule has 3 saturated carbocycles. The van der Waals surface area contributed by atoms with E-state index < -0.39 is 24.0 Å². The minimum Gasteiger partial charge on any atom is -0.429 e. The number of hydrogen-bond donors (Lipinski definition) is 0. The van der Waals surface area contributed by atoms with Crippen LogP contribution in [0, 0.1) is 41.2 Å². The highest BCUT2D eigenvalue weighted by Crippen LogP contribution is 2.49. The third-order valence-corrected chi connectivity index (χ3v) is 9.34. The molecule has 192 valence electrons. The molecule has 1 aromatic carbocycles. The Hall–Kier alpha value is -1.26. The Balaban J connectivity index is 1.22. The molecular weight excluding hydrogens is 440 g/mol.